The zero-order valence-electron chi connectivity index (χ0n) is 11.8. The number of aromatic nitrogens is 2. The molecule has 0 saturated carbocycles. The van der Waals surface area contributed by atoms with E-state index in [9.17, 15) is 21.6 Å². The van der Waals surface area contributed by atoms with Gasteiger partial charge >= 0.3 is 6.18 Å². The quantitative estimate of drug-likeness (QED) is 0.447. The zero-order chi connectivity index (χ0) is 16.9. The van der Waals surface area contributed by atoms with Crippen LogP contribution in [0.5, 0.6) is 0 Å². The Bertz CT molecular complexity index is 750. The van der Waals surface area contributed by atoms with Crippen LogP contribution >= 0.6 is 11.8 Å². The van der Waals surface area contributed by atoms with Gasteiger partial charge in [-0.25, -0.2) is 18.4 Å². The van der Waals surface area contributed by atoms with Crippen molar-refractivity contribution in [2.24, 2.45) is 0 Å². The lowest BCUT2D eigenvalue weighted by molar-refractivity contribution is -0.141. The Kier molecular flexibility index (Phi) is 5.64. The lowest BCUT2D eigenvalue weighted by atomic mass is 10.4. The summed E-state index contributed by atoms with van der Waals surface area (Å²) in [4.78, 5) is 7.40. The summed E-state index contributed by atoms with van der Waals surface area (Å²) in [7, 11) is -3.38. The number of alkyl halides is 3. The van der Waals surface area contributed by atoms with Crippen LogP contribution in [-0.4, -0.2) is 29.9 Å². The number of hydrogen-bond acceptors (Lipinski definition) is 5. The summed E-state index contributed by atoms with van der Waals surface area (Å²) in [6.45, 7) is 0. The summed E-state index contributed by atoms with van der Waals surface area (Å²) in [6.07, 6.45) is -3.19. The fourth-order valence-electron chi connectivity index (χ4n) is 1.73. The van der Waals surface area contributed by atoms with Crippen LogP contribution < -0.4 is 0 Å². The third-order valence-electron chi connectivity index (χ3n) is 2.81. The smallest absolute Gasteiger partial charge is 0.231 e. The van der Waals surface area contributed by atoms with Gasteiger partial charge in [0.2, 0.25) is 0 Å². The molecule has 0 N–H and O–H groups in total. The topological polar surface area (TPSA) is 59.9 Å². The van der Waals surface area contributed by atoms with Gasteiger partial charge in [-0.1, -0.05) is 30.0 Å². The first-order valence-electron chi connectivity index (χ1n) is 6.60. The van der Waals surface area contributed by atoms with Gasteiger partial charge in [0, 0.05) is 11.9 Å². The Morgan fingerprint density at radius 3 is 2.43 bits per heavy atom. The Morgan fingerprint density at radius 2 is 1.78 bits per heavy atom. The maximum absolute atomic E-state index is 12.5. The number of sulfone groups is 1. The molecule has 0 amide bonds. The molecular weight excluding hydrogens is 349 g/mol. The third-order valence-corrected chi connectivity index (χ3v) is 5.58. The summed E-state index contributed by atoms with van der Waals surface area (Å²) in [5.41, 5.74) is -1.01. The van der Waals surface area contributed by atoms with Gasteiger partial charge in [-0.2, -0.15) is 13.2 Å². The van der Waals surface area contributed by atoms with Crippen molar-refractivity contribution >= 4 is 21.6 Å². The van der Waals surface area contributed by atoms with Crippen LogP contribution in [0.2, 0.25) is 0 Å². The third kappa shape index (κ3) is 5.21. The van der Waals surface area contributed by atoms with Crippen molar-refractivity contribution in [3.63, 3.8) is 0 Å². The van der Waals surface area contributed by atoms with Crippen molar-refractivity contribution in [1.29, 1.82) is 0 Å². The Hall–Kier alpha value is -1.61. The van der Waals surface area contributed by atoms with Gasteiger partial charge in [0.25, 0.3) is 0 Å². The molecule has 1 aromatic heterocycles. The standard InChI is InChI=1S/C14H13F3N2O2S2/c15-14(16,17)12-7-8-18-13(19-12)22-9-4-10-23(20,21)11-5-2-1-3-6-11/h1-3,5-8H,4,9-10H2. The van der Waals surface area contributed by atoms with E-state index in [1.807, 2.05) is 0 Å². The predicted molar refractivity (Wildman–Crippen MR) is 80.9 cm³/mol. The number of halogens is 3. The van der Waals surface area contributed by atoms with Crippen molar-refractivity contribution in [3.05, 3.63) is 48.3 Å². The molecule has 1 heterocycles. The van der Waals surface area contributed by atoms with Crippen LogP contribution in [0.3, 0.4) is 0 Å². The number of benzene rings is 1. The first-order chi connectivity index (χ1) is 10.8. The van der Waals surface area contributed by atoms with Crippen LogP contribution in [0.25, 0.3) is 0 Å². The number of thioether (sulfide) groups is 1. The van der Waals surface area contributed by atoms with Gasteiger partial charge in [-0.05, 0) is 24.6 Å². The normalized spacial score (nSPS) is 12.3. The molecule has 0 bridgehead atoms. The lowest BCUT2D eigenvalue weighted by Gasteiger charge is -2.07. The van der Waals surface area contributed by atoms with E-state index >= 15 is 0 Å². The second-order valence-corrected chi connectivity index (χ2v) is 7.73. The van der Waals surface area contributed by atoms with Crippen LogP contribution in [0.4, 0.5) is 13.2 Å². The zero-order valence-corrected chi connectivity index (χ0v) is 13.5. The first-order valence-corrected chi connectivity index (χ1v) is 9.24. The molecule has 0 spiro atoms. The molecule has 0 saturated heterocycles. The molecular formula is C14H13F3N2O2S2. The maximum atomic E-state index is 12.5. The molecule has 0 radical (unpaired) electrons. The average Bonchev–Trinajstić information content (AvgIpc) is 2.52. The summed E-state index contributed by atoms with van der Waals surface area (Å²) < 4.78 is 61.6. The van der Waals surface area contributed by atoms with E-state index in [2.05, 4.69) is 9.97 Å². The Labute approximate surface area is 136 Å². The first kappa shape index (κ1) is 17.7. The van der Waals surface area contributed by atoms with Crippen molar-refractivity contribution < 1.29 is 21.6 Å². The number of nitrogens with zero attached hydrogens (tertiary/aromatic N) is 2. The highest BCUT2D eigenvalue weighted by molar-refractivity contribution is 7.99. The largest absolute Gasteiger partial charge is 0.433 e. The molecule has 23 heavy (non-hydrogen) atoms. The van der Waals surface area contributed by atoms with E-state index in [-0.39, 0.29) is 15.8 Å². The summed E-state index contributed by atoms with van der Waals surface area (Å²) in [5, 5.41) is -0.0167. The Balaban J connectivity index is 1.89. The molecule has 1 aromatic carbocycles. The van der Waals surface area contributed by atoms with Crippen molar-refractivity contribution in [2.75, 3.05) is 11.5 Å². The van der Waals surface area contributed by atoms with Crippen molar-refractivity contribution in [3.8, 4) is 0 Å². The molecule has 9 heteroatoms. The molecule has 124 valence electrons. The van der Waals surface area contributed by atoms with Crippen molar-refractivity contribution in [2.45, 2.75) is 22.6 Å². The molecule has 0 fully saturated rings. The molecule has 0 aliphatic rings. The summed E-state index contributed by atoms with van der Waals surface area (Å²) in [5.74, 6) is 0.232. The van der Waals surface area contributed by atoms with E-state index in [4.69, 9.17) is 0 Å². The van der Waals surface area contributed by atoms with E-state index in [0.717, 1.165) is 24.0 Å². The fraction of sp³-hybridized carbons (Fsp3) is 0.286. The second-order valence-electron chi connectivity index (χ2n) is 4.56. The predicted octanol–water partition coefficient (Wildman–Crippen LogP) is 3.45. The highest BCUT2D eigenvalue weighted by Crippen LogP contribution is 2.28. The van der Waals surface area contributed by atoms with Gasteiger partial charge in [0.1, 0.15) is 5.69 Å². The molecule has 0 unspecified atom stereocenters. The van der Waals surface area contributed by atoms with Gasteiger partial charge < -0.3 is 0 Å². The average molecular weight is 362 g/mol. The van der Waals surface area contributed by atoms with Crippen LogP contribution in [-0.2, 0) is 16.0 Å². The van der Waals surface area contributed by atoms with Crippen LogP contribution in [0, 0.1) is 0 Å². The number of rotatable bonds is 6. The van der Waals surface area contributed by atoms with E-state index in [1.165, 1.54) is 12.1 Å². The van der Waals surface area contributed by atoms with Gasteiger partial charge in [-0.3, -0.25) is 0 Å². The van der Waals surface area contributed by atoms with Gasteiger partial charge in [-0.15, -0.1) is 0 Å². The molecule has 2 rings (SSSR count). The number of hydrogen-bond donors (Lipinski definition) is 0. The van der Waals surface area contributed by atoms with Crippen LogP contribution in [0.1, 0.15) is 12.1 Å². The summed E-state index contributed by atoms with van der Waals surface area (Å²) in [6, 6.07) is 8.82. The van der Waals surface area contributed by atoms with Crippen LogP contribution in [0.15, 0.2) is 52.6 Å². The lowest BCUT2D eigenvalue weighted by Crippen LogP contribution is -2.09. The highest BCUT2D eigenvalue weighted by atomic mass is 32.2. The van der Waals surface area contributed by atoms with Gasteiger partial charge in [0.05, 0.1) is 10.6 Å². The molecule has 0 aliphatic carbocycles. The minimum atomic E-state index is -4.52. The minimum Gasteiger partial charge on any atom is -0.231 e. The monoisotopic (exact) mass is 362 g/mol. The maximum Gasteiger partial charge on any atom is 0.433 e. The minimum absolute atomic E-state index is 0.0167. The highest BCUT2D eigenvalue weighted by Gasteiger charge is 2.32. The van der Waals surface area contributed by atoms with E-state index in [1.54, 1.807) is 18.2 Å². The molecule has 0 atom stereocenters. The van der Waals surface area contributed by atoms with Crippen molar-refractivity contribution in [1.82, 2.24) is 9.97 Å². The SMILES string of the molecule is O=S(=O)(CCCSc1nccc(C(F)(F)F)n1)c1ccccc1. The Morgan fingerprint density at radius 1 is 1.09 bits per heavy atom. The molecule has 2 aromatic rings. The van der Waals surface area contributed by atoms with E-state index < -0.39 is 21.7 Å². The summed E-state index contributed by atoms with van der Waals surface area (Å²) >= 11 is 1.000. The second kappa shape index (κ2) is 7.31. The molecule has 4 nitrogen and oxygen atoms in total. The van der Waals surface area contributed by atoms with Gasteiger partial charge in [0.15, 0.2) is 15.0 Å². The fourth-order valence-corrected chi connectivity index (χ4v) is 4.01. The molecule has 0 aliphatic heterocycles. The van der Waals surface area contributed by atoms with E-state index in [0.29, 0.717) is 12.2 Å².